The van der Waals surface area contributed by atoms with E-state index < -0.39 is 17.5 Å². The van der Waals surface area contributed by atoms with Crippen LogP contribution in [0.3, 0.4) is 0 Å². The number of ether oxygens (including phenoxy) is 4. The summed E-state index contributed by atoms with van der Waals surface area (Å²) in [5, 5.41) is 22.3. The standard InChI is InChI=1S/C23H34O6/c1-19-6-4-17-15(16(19)5-8-22(19,25)18(24)13-26-2)3-7-20-14-21(27-11-12-28-21)9-10-23(17,20)29-20/h4,15-16,18,24-25H,3,5-14H2,1-2H3/t15-,16-,18?,19-,20+,22-,23+/m0/s1. The minimum Gasteiger partial charge on any atom is -0.388 e. The van der Waals surface area contributed by atoms with Crippen molar-refractivity contribution in [1.29, 1.82) is 0 Å². The Morgan fingerprint density at radius 1 is 1.17 bits per heavy atom. The molecule has 6 nitrogen and oxygen atoms in total. The van der Waals surface area contributed by atoms with E-state index in [4.69, 9.17) is 18.9 Å². The quantitative estimate of drug-likeness (QED) is 0.553. The van der Waals surface area contributed by atoms with Gasteiger partial charge in [0.1, 0.15) is 17.3 Å². The van der Waals surface area contributed by atoms with Crippen molar-refractivity contribution in [3.8, 4) is 0 Å². The molecule has 0 radical (unpaired) electrons. The largest absolute Gasteiger partial charge is 0.388 e. The van der Waals surface area contributed by atoms with Crippen LogP contribution < -0.4 is 0 Å². The Kier molecular flexibility index (Phi) is 3.87. The smallest absolute Gasteiger partial charge is 0.171 e. The molecule has 29 heavy (non-hydrogen) atoms. The van der Waals surface area contributed by atoms with Crippen molar-refractivity contribution in [2.24, 2.45) is 17.3 Å². The number of aliphatic hydroxyl groups is 2. The first kappa shape index (κ1) is 19.2. The van der Waals surface area contributed by atoms with Gasteiger partial charge in [-0.2, -0.15) is 0 Å². The van der Waals surface area contributed by atoms with Crippen LogP contribution in [0.2, 0.25) is 0 Å². The molecule has 2 N–H and O–H groups in total. The summed E-state index contributed by atoms with van der Waals surface area (Å²) < 4.78 is 23.9. The lowest BCUT2D eigenvalue weighted by Gasteiger charge is -2.53. The van der Waals surface area contributed by atoms with Gasteiger partial charge in [0.05, 0.1) is 25.4 Å². The van der Waals surface area contributed by atoms with Crippen LogP contribution in [-0.2, 0) is 18.9 Å². The van der Waals surface area contributed by atoms with E-state index in [1.807, 2.05) is 0 Å². The fraction of sp³-hybridized carbons (Fsp3) is 0.913. The molecular formula is C23H34O6. The van der Waals surface area contributed by atoms with Crippen LogP contribution >= 0.6 is 0 Å². The first-order chi connectivity index (χ1) is 13.8. The highest BCUT2D eigenvalue weighted by molar-refractivity contribution is 5.43. The summed E-state index contributed by atoms with van der Waals surface area (Å²) in [6.07, 6.45) is 8.74. The maximum Gasteiger partial charge on any atom is 0.171 e. The number of fused-ring (bicyclic) bond motifs is 3. The van der Waals surface area contributed by atoms with Crippen molar-refractivity contribution in [3.63, 3.8) is 0 Å². The first-order valence-corrected chi connectivity index (χ1v) is 11.4. The van der Waals surface area contributed by atoms with E-state index in [-0.39, 0.29) is 23.2 Å². The summed E-state index contributed by atoms with van der Waals surface area (Å²) >= 11 is 0. The van der Waals surface area contributed by atoms with E-state index in [0.29, 0.717) is 31.5 Å². The molecule has 4 aliphatic carbocycles. The molecule has 0 aromatic heterocycles. The number of aliphatic hydroxyl groups excluding tert-OH is 1. The van der Waals surface area contributed by atoms with Crippen molar-refractivity contribution in [2.45, 2.75) is 87.0 Å². The third kappa shape index (κ3) is 2.18. The van der Waals surface area contributed by atoms with Crippen LogP contribution in [0, 0.1) is 17.3 Å². The Balaban J connectivity index is 1.31. The van der Waals surface area contributed by atoms with Gasteiger partial charge in [-0.1, -0.05) is 13.0 Å². The van der Waals surface area contributed by atoms with Crippen LogP contribution in [0.25, 0.3) is 0 Å². The van der Waals surface area contributed by atoms with Gasteiger partial charge in [-0.15, -0.1) is 0 Å². The molecule has 0 amide bonds. The van der Waals surface area contributed by atoms with E-state index >= 15 is 0 Å². The second-order valence-corrected chi connectivity index (χ2v) is 10.7. The average Bonchev–Trinajstić information content (AvgIpc) is 3.03. The molecule has 5 fully saturated rings. The molecule has 1 unspecified atom stereocenters. The Bertz CT molecular complexity index is 746. The van der Waals surface area contributed by atoms with Crippen LogP contribution in [0.4, 0.5) is 0 Å². The number of rotatable bonds is 3. The number of hydrogen-bond donors (Lipinski definition) is 2. The number of methoxy groups -OCH3 is 1. The highest BCUT2D eigenvalue weighted by atomic mass is 16.7. The summed E-state index contributed by atoms with van der Waals surface area (Å²) in [6, 6.07) is 0. The zero-order chi connectivity index (χ0) is 20.1. The van der Waals surface area contributed by atoms with Gasteiger partial charge in [0.25, 0.3) is 0 Å². The second-order valence-electron chi connectivity index (χ2n) is 10.7. The predicted octanol–water partition coefficient (Wildman–Crippen LogP) is 2.32. The Morgan fingerprint density at radius 3 is 2.72 bits per heavy atom. The van der Waals surface area contributed by atoms with Crippen LogP contribution in [0.5, 0.6) is 0 Å². The zero-order valence-electron chi connectivity index (χ0n) is 17.6. The van der Waals surface area contributed by atoms with E-state index in [2.05, 4.69) is 13.0 Å². The topological polar surface area (TPSA) is 80.7 Å². The van der Waals surface area contributed by atoms with Crippen molar-refractivity contribution >= 4 is 0 Å². The minimum atomic E-state index is -1.09. The van der Waals surface area contributed by atoms with Crippen LogP contribution in [-0.4, -0.2) is 65.8 Å². The van der Waals surface area contributed by atoms with Gasteiger partial charge >= 0.3 is 0 Å². The van der Waals surface area contributed by atoms with Crippen molar-refractivity contribution in [1.82, 2.24) is 0 Å². The highest BCUT2D eigenvalue weighted by Crippen LogP contribution is 2.74. The first-order valence-electron chi connectivity index (χ1n) is 11.4. The second kappa shape index (κ2) is 5.84. The molecule has 1 spiro atoms. The molecule has 162 valence electrons. The lowest BCUT2D eigenvalue weighted by molar-refractivity contribution is -0.186. The van der Waals surface area contributed by atoms with E-state index in [0.717, 1.165) is 44.9 Å². The Hall–Kier alpha value is -0.500. The van der Waals surface area contributed by atoms with Crippen molar-refractivity contribution in [2.75, 3.05) is 26.9 Å². The fourth-order valence-electron chi connectivity index (χ4n) is 8.22. The molecule has 6 rings (SSSR count). The Morgan fingerprint density at radius 2 is 1.97 bits per heavy atom. The van der Waals surface area contributed by atoms with E-state index in [1.165, 1.54) is 5.57 Å². The molecule has 0 aromatic carbocycles. The lowest BCUT2D eigenvalue weighted by Crippen LogP contribution is -2.58. The van der Waals surface area contributed by atoms with Crippen LogP contribution in [0.1, 0.15) is 58.3 Å². The van der Waals surface area contributed by atoms with Crippen LogP contribution in [0.15, 0.2) is 11.6 Å². The molecule has 2 heterocycles. The molecule has 3 saturated carbocycles. The normalized spacial score (nSPS) is 52.9. The van der Waals surface area contributed by atoms with Gasteiger partial charge in [-0.25, -0.2) is 0 Å². The SMILES string of the molecule is COCC(O)[C@@]1(O)CC[C@H]2[C@@H]3CC[C@@]45CC6(CC[C@@]4(O5)C3=CC[C@@]21C)OCCO6. The lowest BCUT2D eigenvalue weighted by atomic mass is 9.52. The maximum absolute atomic E-state index is 11.6. The number of allylic oxidation sites excluding steroid dienone is 1. The van der Waals surface area contributed by atoms with Crippen molar-refractivity contribution in [3.05, 3.63) is 11.6 Å². The summed E-state index contributed by atoms with van der Waals surface area (Å²) in [7, 11) is 1.58. The third-order valence-corrected chi connectivity index (χ3v) is 9.77. The van der Waals surface area contributed by atoms with E-state index in [9.17, 15) is 10.2 Å². The summed E-state index contributed by atoms with van der Waals surface area (Å²) in [6.45, 7) is 3.74. The number of hydrogen-bond acceptors (Lipinski definition) is 6. The third-order valence-electron chi connectivity index (χ3n) is 9.77. The molecule has 7 atom stereocenters. The molecule has 6 heteroatoms. The van der Waals surface area contributed by atoms with Gasteiger partial charge in [0.15, 0.2) is 5.79 Å². The molecule has 6 aliphatic rings. The predicted molar refractivity (Wildman–Crippen MR) is 104 cm³/mol. The molecular weight excluding hydrogens is 372 g/mol. The summed E-state index contributed by atoms with van der Waals surface area (Å²) in [4.78, 5) is 0. The minimum absolute atomic E-state index is 0.115. The summed E-state index contributed by atoms with van der Waals surface area (Å²) in [5.74, 6) is 0.395. The Labute approximate surface area is 172 Å². The van der Waals surface area contributed by atoms with Gasteiger partial charge < -0.3 is 29.2 Å². The molecule has 2 saturated heterocycles. The average molecular weight is 407 g/mol. The van der Waals surface area contributed by atoms with Gasteiger partial charge in [-0.3, -0.25) is 0 Å². The molecule has 0 bridgehead atoms. The van der Waals surface area contributed by atoms with Crippen molar-refractivity contribution < 1.29 is 29.2 Å². The molecule has 0 aromatic rings. The summed E-state index contributed by atoms with van der Waals surface area (Å²) in [5.41, 5.74) is -0.184. The van der Waals surface area contributed by atoms with Gasteiger partial charge in [-0.05, 0) is 55.9 Å². The fourth-order valence-corrected chi connectivity index (χ4v) is 8.22. The highest BCUT2D eigenvalue weighted by Gasteiger charge is 2.79. The monoisotopic (exact) mass is 406 g/mol. The van der Waals surface area contributed by atoms with Gasteiger partial charge in [0.2, 0.25) is 0 Å². The number of epoxide rings is 1. The zero-order valence-corrected chi connectivity index (χ0v) is 17.6. The van der Waals surface area contributed by atoms with Gasteiger partial charge in [0, 0.05) is 25.4 Å². The van der Waals surface area contributed by atoms with E-state index in [1.54, 1.807) is 7.11 Å². The molecule has 2 aliphatic heterocycles. The maximum atomic E-state index is 11.6.